The monoisotopic (exact) mass is 587 g/mol. The molecule has 2 aliphatic rings. The first-order chi connectivity index (χ1) is 20.3. The number of hydrogen-bond donors (Lipinski definition) is 0. The highest BCUT2D eigenvalue weighted by Gasteiger charge is 2.30. The van der Waals surface area contributed by atoms with E-state index in [0.717, 1.165) is 53.5 Å². The first kappa shape index (κ1) is 28.4. The van der Waals surface area contributed by atoms with Gasteiger partial charge in [0.2, 0.25) is 5.91 Å². The van der Waals surface area contributed by atoms with Gasteiger partial charge in [-0.3, -0.25) is 24.5 Å². The quantitative estimate of drug-likeness (QED) is 0.272. The van der Waals surface area contributed by atoms with Gasteiger partial charge >= 0.3 is 0 Å². The standard InChI is InChI=1S/C32H34FN5O3S/c1-21(39)38-19-24(20-38)14-25(40)13-22-4-6-29(26(33)15-22)41-30-7-8-34-28-16-31(42-32(28)30)27-5-3-23(17-35-27)18-37-11-9-36(2)10-12-37/h3-8,15-17,24H,9-14,18-20H2,1-2H3. The number of likely N-dealkylation sites (tertiary alicyclic amines) is 1. The molecular formula is C32H34FN5O3S. The second kappa shape index (κ2) is 12.2. The number of fused-ring (bicyclic) bond motifs is 1. The fraction of sp³-hybridized carbons (Fsp3) is 0.375. The Balaban J connectivity index is 1.10. The SMILES string of the molecule is CC(=O)N1CC(CC(=O)Cc2ccc(Oc3ccnc4cc(-c5ccc(CN6CCN(C)CC6)cn5)sc34)c(F)c2)C1. The molecule has 1 aromatic carbocycles. The number of aromatic nitrogens is 2. The molecule has 0 unspecified atom stereocenters. The number of hydrogen-bond acceptors (Lipinski definition) is 8. The van der Waals surface area contributed by atoms with E-state index >= 15 is 4.39 Å². The normalized spacial score (nSPS) is 16.5. The Hall–Kier alpha value is -3.73. The van der Waals surface area contributed by atoms with Crippen molar-refractivity contribution in [1.82, 2.24) is 24.7 Å². The Morgan fingerprint density at radius 2 is 1.79 bits per heavy atom. The third-order valence-electron chi connectivity index (χ3n) is 7.99. The van der Waals surface area contributed by atoms with Crippen molar-refractivity contribution in [1.29, 1.82) is 0 Å². The van der Waals surface area contributed by atoms with E-state index in [1.807, 2.05) is 18.3 Å². The van der Waals surface area contributed by atoms with E-state index in [1.165, 1.54) is 29.9 Å². The first-order valence-corrected chi connectivity index (χ1v) is 15.1. The van der Waals surface area contributed by atoms with Gasteiger partial charge in [-0.15, -0.1) is 11.3 Å². The van der Waals surface area contributed by atoms with Gasteiger partial charge in [0.05, 0.1) is 20.8 Å². The number of likely N-dealkylation sites (N-methyl/N-ethyl adjacent to an activating group) is 1. The molecule has 0 N–H and O–H groups in total. The average molecular weight is 588 g/mol. The van der Waals surface area contributed by atoms with Crippen LogP contribution in [0.25, 0.3) is 20.8 Å². The molecule has 0 saturated carbocycles. The lowest BCUT2D eigenvalue weighted by molar-refractivity contribution is -0.137. The molecule has 42 heavy (non-hydrogen) atoms. The number of benzene rings is 1. The van der Waals surface area contributed by atoms with E-state index in [0.29, 0.717) is 30.8 Å². The Bertz CT molecular complexity index is 1590. The summed E-state index contributed by atoms with van der Waals surface area (Å²) in [5, 5.41) is 0. The summed E-state index contributed by atoms with van der Waals surface area (Å²) >= 11 is 1.51. The second-order valence-electron chi connectivity index (χ2n) is 11.3. The number of pyridine rings is 2. The van der Waals surface area contributed by atoms with Crippen molar-refractivity contribution in [3.8, 4) is 22.1 Å². The van der Waals surface area contributed by atoms with Crippen LogP contribution in [0, 0.1) is 11.7 Å². The minimum absolute atomic E-state index is 0.0316. The number of nitrogens with zero attached hydrogens (tertiary/aromatic N) is 5. The molecule has 0 radical (unpaired) electrons. The zero-order chi connectivity index (χ0) is 29.2. The molecular weight excluding hydrogens is 553 g/mol. The van der Waals surface area contributed by atoms with Gasteiger partial charge in [0.15, 0.2) is 11.6 Å². The highest BCUT2D eigenvalue weighted by Crippen LogP contribution is 2.39. The maximum absolute atomic E-state index is 15.1. The molecule has 0 bridgehead atoms. The molecule has 2 fully saturated rings. The van der Waals surface area contributed by atoms with E-state index in [-0.39, 0.29) is 29.8 Å². The summed E-state index contributed by atoms with van der Waals surface area (Å²) in [5.74, 6) is 0.352. The van der Waals surface area contributed by atoms with Gasteiger partial charge in [-0.1, -0.05) is 12.1 Å². The Kier molecular flexibility index (Phi) is 8.28. The van der Waals surface area contributed by atoms with E-state index in [9.17, 15) is 9.59 Å². The van der Waals surface area contributed by atoms with Gasteiger partial charge in [-0.2, -0.15) is 0 Å². The van der Waals surface area contributed by atoms with Crippen LogP contribution < -0.4 is 4.74 Å². The van der Waals surface area contributed by atoms with E-state index in [4.69, 9.17) is 9.72 Å². The molecule has 0 spiro atoms. The number of rotatable bonds is 9. The largest absolute Gasteiger partial charge is 0.453 e. The number of ether oxygens (including phenoxy) is 1. The third kappa shape index (κ3) is 6.51. The summed E-state index contributed by atoms with van der Waals surface area (Å²) in [7, 11) is 2.16. The molecule has 0 aliphatic carbocycles. The Labute approximate surface area is 248 Å². The number of carbonyl (C=O) groups excluding carboxylic acids is 2. The Morgan fingerprint density at radius 3 is 2.50 bits per heavy atom. The van der Waals surface area contributed by atoms with Gasteiger partial charge in [0.25, 0.3) is 0 Å². The van der Waals surface area contributed by atoms with Crippen molar-refractivity contribution in [2.24, 2.45) is 5.92 Å². The molecule has 5 heterocycles. The van der Waals surface area contributed by atoms with Gasteiger partial charge in [-0.25, -0.2) is 4.39 Å². The lowest BCUT2D eigenvalue weighted by Crippen LogP contribution is -2.49. The van der Waals surface area contributed by atoms with E-state index in [2.05, 4.69) is 27.9 Å². The van der Waals surface area contributed by atoms with Crippen LogP contribution in [0.2, 0.25) is 0 Å². The smallest absolute Gasteiger partial charge is 0.219 e. The summed E-state index contributed by atoms with van der Waals surface area (Å²) in [6.45, 7) is 7.96. The van der Waals surface area contributed by atoms with Crippen molar-refractivity contribution in [2.45, 2.75) is 26.3 Å². The molecule has 6 rings (SSSR count). The maximum Gasteiger partial charge on any atom is 0.219 e. The summed E-state index contributed by atoms with van der Waals surface area (Å²) in [6, 6.07) is 12.5. The number of halogens is 1. The highest BCUT2D eigenvalue weighted by molar-refractivity contribution is 7.22. The summed E-state index contributed by atoms with van der Waals surface area (Å²) in [6.07, 6.45) is 4.15. The average Bonchev–Trinajstić information content (AvgIpc) is 3.39. The molecule has 0 atom stereocenters. The van der Waals surface area contributed by atoms with Crippen LogP contribution in [-0.2, 0) is 22.6 Å². The molecule has 8 nitrogen and oxygen atoms in total. The predicted octanol–water partition coefficient (Wildman–Crippen LogP) is 5.02. The number of piperazine rings is 1. The van der Waals surface area contributed by atoms with Crippen LogP contribution in [-0.4, -0.2) is 82.7 Å². The van der Waals surface area contributed by atoms with Crippen LogP contribution in [0.1, 0.15) is 24.5 Å². The van der Waals surface area contributed by atoms with Crippen LogP contribution in [0.5, 0.6) is 11.5 Å². The van der Waals surface area contributed by atoms with E-state index < -0.39 is 5.82 Å². The zero-order valence-electron chi connectivity index (χ0n) is 23.9. The lowest BCUT2D eigenvalue weighted by atomic mass is 9.92. The number of amides is 1. The summed E-state index contributed by atoms with van der Waals surface area (Å²) in [5.41, 5.74) is 3.42. The van der Waals surface area contributed by atoms with Gasteiger partial charge in [0.1, 0.15) is 11.5 Å². The van der Waals surface area contributed by atoms with Crippen molar-refractivity contribution in [3.63, 3.8) is 0 Å². The number of ketones is 1. The van der Waals surface area contributed by atoms with Gasteiger partial charge in [-0.05, 0) is 42.4 Å². The van der Waals surface area contributed by atoms with Crippen LogP contribution in [0.4, 0.5) is 4.39 Å². The maximum atomic E-state index is 15.1. The number of carbonyl (C=O) groups is 2. The lowest BCUT2D eigenvalue weighted by Gasteiger charge is -2.38. The Morgan fingerprint density at radius 1 is 1.00 bits per heavy atom. The summed E-state index contributed by atoms with van der Waals surface area (Å²) < 4.78 is 21.9. The molecule has 4 aromatic rings. The molecule has 10 heteroatoms. The number of thiophene rings is 1. The van der Waals surface area contributed by atoms with Crippen molar-refractivity contribution >= 4 is 33.2 Å². The minimum Gasteiger partial charge on any atom is -0.453 e. The number of Topliss-reactive ketones (excluding diaryl/α,β-unsaturated/α-hetero) is 1. The zero-order valence-corrected chi connectivity index (χ0v) is 24.7. The molecule has 1 amide bonds. The van der Waals surface area contributed by atoms with Crippen LogP contribution in [0.3, 0.4) is 0 Å². The molecule has 3 aromatic heterocycles. The summed E-state index contributed by atoms with van der Waals surface area (Å²) in [4.78, 5) is 40.5. The van der Waals surface area contributed by atoms with Crippen LogP contribution >= 0.6 is 11.3 Å². The topological polar surface area (TPSA) is 78.9 Å². The molecule has 2 aliphatic heterocycles. The molecule has 2 saturated heterocycles. The fourth-order valence-electron chi connectivity index (χ4n) is 5.48. The van der Waals surface area contributed by atoms with Crippen molar-refractivity contribution in [3.05, 3.63) is 71.8 Å². The van der Waals surface area contributed by atoms with Gasteiger partial charge < -0.3 is 14.5 Å². The van der Waals surface area contributed by atoms with Crippen LogP contribution in [0.15, 0.2) is 54.9 Å². The minimum atomic E-state index is -0.522. The third-order valence-corrected chi connectivity index (χ3v) is 9.15. The second-order valence-corrected chi connectivity index (χ2v) is 12.4. The van der Waals surface area contributed by atoms with Crippen molar-refractivity contribution < 1.29 is 18.7 Å². The first-order valence-electron chi connectivity index (χ1n) is 14.3. The van der Waals surface area contributed by atoms with E-state index in [1.54, 1.807) is 29.3 Å². The fourth-order valence-corrected chi connectivity index (χ4v) is 6.53. The highest BCUT2D eigenvalue weighted by atomic mass is 32.1. The van der Waals surface area contributed by atoms with Gasteiger partial charge in [0, 0.05) is 90.0 Å². The predicted molar refractivity (Wildman–Crippen MR) is 161 cm³/mol. The van der Waals surface area contributed by atoms with Crippen molar-refractivity contribution in [2.75, 3.05) is 46.3 Å². The molecule has 218 valence electrons.